The summed E-state index contributed by atoms with van der Waals surface area (Å²) in [5.41, 5.74) is 3.05. The van der Waals surface area contributed by atoms with Gasteiger partial charge in [0, 0.05) is 31.0 Å². The smallest absolute Gasteiger partial charge is 0.173 e. The van der Waals surface area contributed by atoms with Crippen LogP contribution in [0.3, 0.4) is 0 Å². The summed E-state index contributed by atoms with van der Waals surface area (Å²) in [6.07, 6.45) is 3.88. The van der Waals surface area contributed by atoms with Crippen LogP contribution in [0.5, 0.6) is 5.75 Å². The third-order valence-corrected chi connectivity index (χ3v) is 4.18. The van der Waals surface area contributed by atoms with Crippen LogP contribution in [-0.4, -0.2) is 34.0 Å². The van der Waals surface area contributed by atoms with Crippen LogP contribution in [0.2, 0.25) is 0 Å². The number of aromatic nitrogens is 2. The van der Waals surface area contributed by atoms with E-state index in [9.17, 15) is 0 Å². The summed E-state index contributed by atoms with van der Waals surface area (Å²) in [5, 5.41) is 8.29. The molecule has 0 spiro atoms. The van der Waals surface area contributed by atoms with E-state index >= 15 is 0 Å². The van der Waals surface area contributed by atoms with Crippen molar-refractivity contribution in [2.45, 2.75) is 6.54 Å². The molecule has 0 aliphatic heterocycles. The highest BCUT2D eigenvalue weighted by Gasteiger charge is 2.08. The number of hydrogen-bond acceptors (Lipinski definition) is 3. The maximum Gasteiger partial charge on any atom is 0.173 e. The molecule has 0 radical (unpaired) electrons. The summed E-state index contributed by atoms with van der Waals surface area (Å²) in [6, 6.07) is 17.7. The van der Waals surface area contributed by atoms with Gasteiger partial charge < -0.3 is 15.0 Å². The van der Waals surface area contributed by atoms with Crippen LogP contribution in [0.25, 0.3) is 5.69 Å². The number of ether oxygens (including phenoxy) is 1. The van der Waals surface area contributed by atoms with Crippen molar-refractivity contribution in [3.05, 3.63) is 72.6 Å². The van der Waals surface area contributed by atoms with Gasteiger partial charge >= 0.3 is 0 Å². The number of para-hydroxylation sites is 1. The zero-order valence-corrected chi connectivity index (χ0v) is 15.0. The molecule has 3 aromatic rings. The van der Waals surface area contributed by atoms with Crippen molar-refractivity contribution >= 4 is 23.0 Å². The van der Waals surface area contributed by atoms with Gasteiger partial charge in [0.15, 0.2) is 5.11 Å². The lowest BCUT2D eigenvalue weighted by molar-refractivity contribution is 0.415. The first kappa shape index (κ1) is 17.0. The first-order valence-corrected chi connectivity index (χ1v) is 8.31. The summed E-state index contributed by atoms with van der Waals surface area (Å²) in [6.45, 7) is 0.675. The number of benzene rings is 2. The Morgan fingerprint density at radius 2 is 1.88 bits per heavy atom. The Morgan fingerprint density at radius 3 is 2.56 bits per heavy atom. The molecule has 5 nitrogen and oxygen atoms in total. The van der Waals surface area contributed by atoms with E-state index in [-0.39, 0.29) is 0 Å². The second-order valence-electron chi connectivity index (χ2n) is 5.64. The van der Waals surface area contributed by atoms with Crippen molar-refractivity contribution in [1.29, 1.82) is 0 Å². The van der Waals surface area contributed by atoms with E-state index in [0.29, 0.717) is 11.7 Å². The number of rotatable bonds is 5. The average molecular weight is 352 g/mol. The predicted octanol–water partition coefficient (Wildman–Crippen LogP) is 3.71. The van der Waals surface area contributed by atoms with Crippen molar-refractivity contribution in [3.8, 4) is 11.4 Å². The summed E-state index contributed by atoms with van der Waals surface area (Å²) >= 11 is 5.48. The number of anilines is 1. The molecule has 25 heavy (non-hydrogen) atoms. The van der Waals surface area contributed by atoms with Crippen LogP contribution >= 0.6 is 12.2 Å². The van der Waals surface area contributed by atoms with Crippen molar-refractivity contribution in [2.24, 2.45) is 0 Å². The molecule has 128 valence electrons. The predicted molar refractivity (Wildman–Crippen MR) is 104 cm³/mol. The molecule has 2 aromatic carbocycles. The molecule has 0 aliphatic rings. The Hall–Kier alpha value is -2.86. The van der Waals surface area contributed by atoms with E-state index in [2.05, 4.69) is 10.4 Å². The van der Waals surface area contributed by atoms with Gasteiger partial charge in [0.1, 0.15) is 5.75 Å². The van der Waals surface area contributed by atoms with Gasteiger partial charge in [-0.2, -0.15) is 5.10 Å². The molecule has 3 rings (SSSR count). The maximum atomic E-state index is 5.48. The molecule has 0 atom stereocenters. The van der Waals surface area contributed by atoms with Gasteiger partial charge in [-0.1, -0.05) is 18.2 Å². The van der Waals surface area contributed by atoms with Gasteiger partial charge in [0.05, 0.1) is 19.0 Å². The number of methoxy groups -OCH3 is 1. The van der Waals surface area contributed by atoms with Crippen LogP contribution in [-0.2, 0) is 6.54 Å². The van der Waals surface area contributed by atoms with Gasteiger partial charge in [-0.15, -0.1) is 0 Å². The molecule has 0 fully saturated rings. The molecule has 6 heteroatoms. The van der Waals surface area contributed by atoms with Gasteiger partial charge in [-0.25, -0.2) is 4.68 Å². The van der Waals surface area contributed by atoms with Crippen LogP contribution in [0, 0.1) is 0 Å². The monoisotopic (exact) mass is 352 g/mol. The quantitative estimate of drug-likeness (QED) is 0.709. The maximum absolute atomic E-state index is 5.48. The van der Waals surface area contributed by atoms with Crippen molar-refractivity contribution in [2.75, 3.05) is 19.5 Å². The van der Waals surface area contributed by atoms with E-state index in [1.54, 1.807) is 7.11 Å². The van der Waals surface area contributed by atoms with E-state index in [4.69, 9.17) is 17.0 Å². The lowest BCUT2D eigenvalue weighted by Crippen LogP contribution is -2.30. The molecule has 0 unspecified atom stereocenters. The minimum atomic E-state index is 0.651. The molecule has 0 bridgehead atoms. The van der Waals surface area contributed by atoms with Gasteiger partial charge in [-0.05, 0) is 48.6 Å². The molecule has 1 aromatic heterocycles. The first-order valence-electron chi connectivity index (χ1n) is 7.91. The Morgan fingerprint density at radius 1 is 1.16 bits per heavy atom. The van der Waals surface area contributed by atoms with E-state index in [0.717, 1.165) is 22.7 Å². The standard InChI is InChI=1S/C19H20N4OS/c1-22(19(25)21-16-8-10-18(24-2)11-9-16)13-15-12-20-23(14-15)17-6-4-3-5-7-17/h3-12,14H,13H2,1-2H3,(H,21,25). The number of nitrogens with zero attached hydrogens (tertiary/aromatic N) is 3. The lowest BCUT2D eigenvalue weighted by Gasteiger charge is -2.20. The van der Waals surface area contributed by atoms with Crippen molar-refractivity contribution < 1.29 is 4.74 Å². The Kier molecular flexibility index (Phi) is 5.30. The summed E-state index contributed by atoms with van der Waals surface area (Å²) in [4.78, 5) is 1.98. The Labute approximate surface area is 152 Å². The SMILES string of the molecule is COc1ccc(NC(=S)N(C)Cc2cnn(-c3ccccc3)c2)cc1. The zero-order chi connectivity index (χ0) is 17.6. The Bertz CT molecular complexity index is 830. The summed E-state index contributed by atoms with van der Waals surface area (Å²) in [7, 11) is 3.61. The normalized spacial score (nSPS) is 10.3. The molecule has 0 aliphatic carbocycles. The molecular formula is C19H20N4OS. The van der Waals surface area contributed by atoms with Crippen molar-refractivity contribution in [1.82, 2.24) is 14.7 Å². The van der Waals surface area contributed by atoms with E-state index in [1.807, 2.05) is 83.6 Å². The molecule has 0 saturated heterocycles. The van der Waals surface area contributed by atoms with E-state index < -0.39 is 0 Å². The van der Waals surface area contributed by atoms with Gasteiger partial charge in [-0.3, -0.25) is 0 Å². The van der Waals surface area contributed by atoms with Crippen LogP contribution in [0.1, 0.15) is 5.56 Å². The zero-order valence-electron chi connectivity index (χ0n) is 14.2. The fourth-order valence-electron chi connectivity index (χ4n) is 2.40. The number of nitrogens with one attached hydrogen (secondary N) is 1. The largest absolute Gasteiger partial charge is 0.497 e. The highest BCUT2D eigenvalue weighted by Crippen LogP contribution is 2.16. The second-order valence-corrected chi connectivity index (χ2v) is 6.03. The molecule has 1 N–H and O–H groups in total. The fraction of sp³-hybridized carbons (Fsp3) is 0.158. The topological polar surface area (TPSA) is 42.3 Å². The number of thiocarbonyl (C=S) groups is 1. The fourth-order valence-corrected chi connectivity index (χ4v) is 2.58. The highest BCUT2D eigenvalue weighted by atomic mass is 32.1. The highest BCUT2D eigenvalue weighted by molar-refractivity contribution is 7.80. The number of hydrogen-bond donors (Lipinski definition) is 1. The Balaban J connectivity index is 1.60. The second kappa shape index (κ2) is 7.81. The molecule has 0 saturated carbocycles. The van der Waals surface area contributed by atoms with Crippen LogP contribution in [0.4, 0.5) is 5.69 Å². The van der Waals surface area contributed by atoms with Crippen LogP contribution in [0.15, 0.2) is 67.0 Å². The lowest BCUT2D eigenvalue weighted by atomic mass is 10.3. The van der Waals surface area contributed by atoms with Crippen LogP contribution < -0.4 is 10.1 Å². The minimum absolute atomic E-state index is 0.651. The molecule has 0 amide bonds. The molecule has 1 heterocycles. The average Bonchev–Trinajstić information content (AvgIpc) is 3.11. The van der Waals surface area contributed by atoms with Gasteiger partial charge in [0.25, 0.3) is 0 Å². The minimum Gasteiger partial charge on any atom is -0.497 e. The van der Waals surface area contributed by atoms with E-state index in [1.165, 1.54) is 0 Å². The van der Waals surface area contributed by atoms with Crippen molar-refractivity contribution in [3.63, 3.8) is 0 Å². The summed E-state index contributed by atoms with van der Waals surface area (Å²) in [5.74, 6) is 0.818. The first-order chi connectivity index (χ1) is 12.2. The third kappa shape index (κ3) is 4.36. The third-order valence-electron chi connectivity index (χ3n) is 3.76. The molecular weight excluding hydrogens is 332 g/mol. The van der Waals surface area contributed by atoms with Gasteiger partial charge in [0.2, 0.25) is 0 Å². The summed E-state index contributed by atoms with van der Waals surface area (Å²) < 4.78 is 7.02.